The molecule has 24 heavy (non-hydrogen) atoms. The van der Waals surface area contributed by atoms with Crippen LogP contribution in [-0.2, 0) is 9.84 Å². The molecule has 0 aliphatic carbocycles. The van der Waals surface area contributed by atoms with Crippen molar-refractivity contribution in [1.29, 1.82) is 0 Å². The second kappa shape index (κ2) is 5.90. The molecule has 4 nitrogen and oxygen atoms in total. The number of hydrogen-bond donors (Lipinski definition) is 2. The van der Waals surface area contributed by atoms with Crippen molar-refractivity contribution in [2.45, 2.75) is 47.6 Å². The molecule has 0 amide bonds. The maximum Gasteiger partial charge on any atom is 0.206 e. The molecule has 126 valence electrons. The van der Waals surface area contributed by atoms with E-state index in [0.717, 1.165) is 30.6 Å². The maximum absolute atomic E-state index is 12.9. The van der Waals surface area contributed by atoms with Gasteiger partial charge >= 0.3 is 0 Å². The van der Waals surface area contributed by atoms with Gasteiger partial charge in [0, 0.05) is 23.7 Å². The number of anilines is 1. The van der Waals surface area contributed by atoms with Gasteiger partial charge in [-0.1, -0.05) is 18.2 Å². The number of benzene rings is 2. The molecule has 0 bridgehead atoms. The average molecular weight is 342 g/mol. The van der Waals surface area contributed by atoms with Crippen molar-refractivity contribution in [2.24, 2.45) is 0 Å². The predicted molar refractivity (Wildman–Crippen MR) is 95.2 cm³/mol. The van der Waals surface area contributed by atoms with Crippen molar-refractivity contribution in [1.82, 2.24) is 5.32 Å². The molecule has 2 aromatic rings. The Hall–Kier alpha value is -1.85. The number of fused-ring (bicyclic) bond motifs is 3. The zero-order valence-electron chi connectivity index (χ0n) is 13.7. The quantitative estimate of drug-likeness (QED) is 0.880. The van der Waals surface area contributed by atoms with E-state index in [4.69, 9.17) is 0 Å². The van der Waals surface area contributed by atoms with Crippen molar-refractivity contribution in [2.75, 3.05) is 11.9 Å². The minimum Gasteiger partial charge on any atom is -0.381 e. The average Bonchev–Trinajstić information content (AvgIpc) is 2.81. The van der Waals surface area contributed by atoms with E-state index in [-0.39, 0.29) is 0 Å². The first-order valence-corrected chi connectivity index (χ1v) is 9.98. The Labute approximate surface area is 143 Å². The van der Waals surface area contributed by atoms with Crippen LogP contribution < -0.4 is 10.6 Å². The van der Waals surface area contributed by atoms with Crippen LogP contribution in [0.5, 0.6) is 0 Å². The van der Waals surface area contributed by atoms with Crippen molar-refractivity contribution >= 4 is 15.5 Å². The van der Waals surface area contributed by atoms with E-state index in [9.17, 15) is 8.42 Å². The third kappa shape index (κ3) is 2.62. The van der Waals surface area contributed by atoms with Gasteiger partial charge in [0.25, 0.3) is 0 Å². The maximum atomic E-state index is 12.9. The molecule has 0 radical (unpaired) electrons. The first kappa shape index (κ1) is 15.7. The van der Waals surface area contributed by atoms with Gasteiger partial charge < -0.3 is 10.6 Å². The zero-order chi connectivity index (χ0) is 16.7. The summed E-state index contributed by atoms with van der Waals surface area (Å²) >= 11 is 0. The largest absolute Gasteiger partial charge is 0.381 e. The lowest BCUT2D eigenvalue weighted by Crippen LogP contribution is -2.25. The Morgan fingerprint density at radius 3 is 2.62 bits per heavy atom. The van der Waals surface area contributed by atoms with Crippen LogP contribution >= 0.6 is 0 Å². The van der Waals surface area contributed by atoms with Gasteiger partial charge in [0.15, 0.2) is 0 Å². The van der Waals surface area contributed by atoms with Crippen molar-refractivity contribution in [3.63, 3.8) is 0 Å². The molecule has 0 aromatic heterocycles. The second-order valence-corrected chi connectivity index (χ2v) is 8.75. The highest BCUT2D eigenvalue weighted by atomic mass is 32.2. The molecule has 1 saturated heterocycles. The first-order valence-electron chi connectivity index (χ1n) is 8.50. The Balaban J connectivity index is 1.75. The van der Waals surface area contributed by atoms with Crippen LogP contribution in [0, 0.1) is 0 Å². The lowest BCUT2D eigenvalue weighted by atomic mass is 9.89. The Morgan fingerprint density at radius 1 is 1.04 bits per heavy atom. The summed E-state index contributed by atoms with van der Waals surface area (Å²) in [5.74, 6) is 0.371. The number of nitrogens with one attached hydrogen (secondary N) is 2. The summed E-state index contributed by atoms with van der Waals surface area (Å²) in [5.41, 5.74) is 2.23. The van der Waals surface area contributed by atoms with Crippen LogP contribution in [-0.4, -0.2) is 27.0 Å². The highest BCUT2D eigenvalue weighted by Gasteiger charge is 2.35. The van der Waals surface area contributed by atoms with Crippen LogP contribution in [0.15, 0.2) is 58.3 Å². The van der Waals surface area contributed by atoms with Gasteiger partial charge in [-0.15, -0.1) is 0 Å². The second-order valence-electron chi connectivity index (χ2n) is 6.80. The highest BCUT2D eigenvalue weighted by Crippen LogP contribution is 2.42. The number of sulfone groups is 1. The molecule has 2 N–H and O–H groups in total. The minimum absolute atomic E-state index is 0.350. The molecule has 1 unspecified atom stereocenters. The number of hydrogen-bond acceptors (Lipinski definition) is 4. The van der Waals surface area contributed by atoms with Crippen LogP contribution in [0.3, 0.4) is 0 Å². The van der Waals surface area contributed by atoms with Crippen molar-refractivity contribution < 1.29 is 8.42 Å². The van der Waals surface area contributed by atoms with E-state index in [0.29, 0.717) is 27.8 Å². The summed E-state index contributed by atoms with van der Waals surface area (Å²) in [6.07, 6.45) is 2.09. The highest BCUT2D eigenvalue weighted by molar-refractivity contribution is 7.91. The van der Waals surface area contributed by atoms with Crippen LogP contribution in [0.2, 0.25) is 0 Å². The standard InChI is InChI=1S/C19H22N2O2S/c1-13-11-16-17-12-15(24(22,23)14-5-3-2-4-6-14)7-8-18(17)21-19(16)9-10-20-13/h2-8,12-13,16,19-21H,9-11H2,1H3/t13?,16-,19+/m1/s1. The fraction of sp³-hybridized carbons (Fsp3) is 0.368. The fourth-order valence-electron chi connectivity index (χ4n) is 3.91. The molecule has 2 heterocycles. The van der Waals surface area contributed by atoms with E-state index in [1.54, 1.807) is 30.3 Å². The molecule has 0 spiro atoms. The van der Waals surface area contributed by atoms with Gasteiger partial charge in [-0.05, 0) is 62.2 Å². The molecule has 5 heteroatoms. The Bertz CT molecular complexity index is 849. The summed E-state index contributed by atoms with van der Waals surface area (Å²) in [4.78, 5) is 0.739. The summed E-state index contributed by atoms with van der Waals surface area (Å²) in [6.45, 7) is 3.20. The zero-order valence-corrected chi connectivity index (χ0v) is 14.5. The molecule has 2 aliphatic rings. The third-order valence-electron chi connectivity index (χ3n) is 5.17. The number of rotatable bonds is 2. The fourth-order valence-corrected chi connectivity index (χ4v) is 5.23. The van der Waals surface area contributed by atoms with Gasteiger partial charge in [-0.3, -0.25) is 0 Å². The molecule has 1 fully saturated rings. The summed E-state index contributed by atoms with van der Waals surface area (Å²) in [5, 5.41) is 7.10. The molecule has 3 atom stereocenters. The summed E-state index contributed by atoms with van der Waals surface area (Å²) in [6, 6.07) is 15.0. The smallest absolute Gasteiger partial charge is 0.206 e. The third-order valence-corrected chi connectivity index (χ3v) is 6.94. The van der Waals surface area contributed by atoms with E-state index >= 15 is 0 Å². The first-order chi connectivity index (χ1) is 11.6. The van der Waals surface area contributed by atoms with Gasteiger partial charge in [0.1, 0.15) is 0 Å². The van der Waals surface area contributed by atoms with Gasteiger partial charge in [-0.2, -0.15) is 0 Å². The normalized spacial score (nSPS) is 26.1. The molecule has 2 aliphatic heterocycles. The molecular formula is C19H22N2O2S. The molecule has 0 saturated carbocycles. The predicted octanol–water partition coefficient (Wildman–Crippen LogP) is 3.17. The molecule has 4 rings (SSSR count). The van der Waals surface area contributed by atoms with Crippen LogP contribution in [0.25, 0.3) is 0 Å². The minimum atomic E-state index is -3.46. The Morgan fingerprint density at radius 2 is 1.83 bits per heavy atom. The van der Waals surface area contributed by atoms with Gasteiger partial charge in [-0.25, -0.2) is 8.42 Å². The van der Waals surface area contributed by atoms with E-state index in [2.05, 4.69) is 17.6 Å². The van der Waals surface area contributed by atoms with Crippen molar-refractivity contribution in [3.05, 3.63) is 54.1 Å². The van der Waals surface area contributed by atoms with E-state index in [1.165, 1.54) is 0 Å². The lowest BCUT2D eigenvalue weighted by molar-refractivity contribution is 0.511. The van der Waals surface area contributed by atoms with Gasteiger partial charge in [0.2, 0.25) is 9.84 Å². The monoisotopic (exact) mass is 342 g/mol. The van der Waals surface area contributed by atoms with Crippen LogP contribution in [0.4, 0.5) is 5.69 Å². The van der Waals surface area contributed by atoms with Crippen molar-refractivity contribution in [3.8, 4) is 0 Å². The van der Waals surface area contributed by atoms with E-state index in [1.807, 2.05) is 18.2 Å². The molecule has 2 aromatic carbocycles. The lowest BCUT2D eigenvalue weighted by Gasteiger charge is -2.18. The molecular weight excluding hydrogens is 320 g/mol. The van der Waals surface area contributed by atoms with Crippen LogP contribution in [0.1, 0.15) is 31.2 Å². The Kier molecular flexibility index (Phi) is 3.85. The topological polar surface area (TPSA) is 58.2 Å². The van der Waals surface area contributed by atoms with Gasteiger partial charge in [0.05, 0.1) is 9.79 Å². The summed E-state index contributed by atoms with van der Waals surface area (Å²) < 4.78 is 25.8. The summed E-state index contributed by atoms with van der Waals surface area (Å²) in [7, 11) is -3.46. The van der Waals surface area contributed by atoms with E-state index < -0.39 is 9.84 Å². The SMILES string of the molecule is CC1C[C@@H]2c3cc(S(=O)(=O)c4ccccc4)ccc3N[C@H]2CCN1.